The SMILES string of the molecule is COc1cccc(Sc2ccc(C(C)=O)cn2)c1. The third-order valence-electron chi connectivity index (χ3n) is 2.41. The van der Waals surface area contributed by atoms with E-state index in [1.165, 1.54) is 18.7 Å². The highest BCUT2D eigenvalue weighted by molar-refractivity contribution is 7.99. The minimum absolute atomic E-state index is 0.0282. The molecule has 0 aliphatic heterocycles. The van der Waals surface area contributed by atoms with Gasteiger partial charge in [-0.2, -0.15) is 0 Å². The van der Waals surface area contributed by atoms with Gasteiger partial charge < -0.3 is 4.74 Å². The number of rotatable bonds is 4. The van der Waals surface area contributed by atoms with Crippen LogP contribution in [0.15, 0.2) is 52.5 Å². The van der Waals surface area contributed by atoms with Crippen LogP contribution < -0.4 is 4.74 Å². The first-order chi connectivity index (χ1) is 8.69. The molecule has 0 spiro atoms. The molecule has 0 atom stereocenters. The van der Waals surface area contributed by atoms with Gasteiger partial charge in [0.1, 0.15) is 10.8 Å². The number of carbonyl (C=O) groups excluding carboxylic acids is 1. The highest BCUT2D eigenvalue weighted by Crippen LogP contribution is 2.28. The molecule has 2 rings (SSSR count). The van der Waals surface area contributed by atoms with Crippen molar-refractivity contribution in [3.63, 3.8) is 0 Å². The van der Waals surface area contributed by atoms with E-state index in [1.54, 1.807) is 19.4 Å². The number of ketones is 1. The lowest BCUT2D eigenvalue weighted by Crippen LogP contribution is -1.92. The number of hydrogen-bond donors (Lipinski definition) is 0. The van der Waals surface area contributed by atoms with Crippen LogP contribution in [0.4, 0.5) is 0 Å². The van der Waals surface area contributed by atoms with Crippen LogP contribution in [0.25, 0.3) is 0 Å². The molecule has 0 aliphatic rings. The maximum atomic E-state index is 11.1. The number of pyridine rings is 1. The molecule has 0 amide bonds. The van der Waals surface area contributed by atoms with Crippen LogP contribution in [0.2, 0.25) is 0 Å². The number of benzene rings is 1. The number of hydrogen-bond acceptors (Lipinski definition) is 4. The van der Waals surface area contributed by atoms with Crippen LogP contribution in [0.5, 0.6) is 5.75 Å². The predicted molar refractivity (Wildman–Crippen MR) is 71.4 cm³/mol. The molecule has 92 valence electrons. The molecule has 4 heteroatoms. The molecule has 0 saturated carbocycles. The lowest BCUT2D eigenvalue weighted by molar-refractivity contribution is 0.101. The normalized spacial score (nSPS) is 10.1. The van der Waals surface area contributed by atoms with E-state index in [0.717, 1.165) is 15.7 Å². The Balaban J connectivity index is 2.15. The molecule has 0 saturated heterocycles. The molecule has 0 bridgehead atoms. The van der Waals surface area contributed by atoms with Crippen molar-refractivity contribution in [1.82, 2.24) is 4.98 Å². The Bertz CT molecular complexity index is 552. The number of aromatic nitrogens is 1. The summed E-state index contributed by atoms with van der Waals surface area (Å²) in [6.07, 6.45) is 1.60. The number of methoxy groups -OCH3 is 1. The van der Waals surface area contributed by atoms with Crippen molar-refractivity contribution in [1.29, 1.82) is 0 Å². The number of nitrogens with zero attached hydrogens (tertiary/aromatic N) is 1. The molecule has 0 radical (unpaired) electrons. The minimum atomic E-state index is 0.0282. The first-order valence-corrected chi connectivity index (χ1v) is 6.29. The second-order valence-corrected chi connectivity index (χ2v) is 4.82. The monoisotopic (exact) mass is 259 g/mol. The second kappa shape index (κ2) is 5.69. The first kappa shape index (κ1) is 12.6. The lowest BCUT2D eigenvalue weighted by Gasteiger charge is -2.04. The molecular weight excluding hydrogens is 246 g/mol. The Labute approximate surface area is 110 Å². The van der Waals surface area contributed by atoms with E-state index in [-0.39, 0.29) is 5.78 Å². The van der Waals surface area contributed by atoms with E-state index in [2.05, 4.69) is 4.98 Å². The van der Waals surface area contributed by atoms with Crippen LogP contribution in [0.1, 0.15) is 17.3 Å². The largest absolute Gasteiger partial charge is 0.497 e. The van der Waals surface area contributed by atoms with Crippen molar-refractivity contribution in [2.45, 2.75) is 16.8 Å². The quantitative estimate of drug-likeness (QED) is 0.788. The van der Waals surface area contributed by atoms with Gasteiger partial charge in [-0.3, -0.25) is 4.79 Å². The Morgan fingerprint density at radius 2 is 2.11 bits per heavy atom. The minimum Gasteiger partial charge on any atom is -0.497 e. The van der Waals surface area contributed by atoms with Crippen molar-refractivity contribution < 1.29 is 9.53 Å². The van der Waals surface area contributed by atoms with Crippen LogP contribution >= 0.6 is 11.8 Å². The fourth-order valence-corrected chi connectivity index (χ4v) is 2.24. The zero-order valence-corrected chi connectivity index (χ0v) is 11.0. The second-order valence-electron chi connectivity index (χ2n) is 3.72. The molecule has 0 unspecified atom stereocenters. The van der Waals surface area contributed by atoms with Gasteiger partial charge in [-0.25, -0.2) is 4.98 Å². The van der Waals surface area contributed by atoms with Gasteiger partial charge in [0.2, 0.25) is 0 Å². The summed E-state index contributed by atoms with van der Waals surface area (Å²) in [7, 11) is 1.64. The van der Waals surface area contributed by atoms with E-state index < -0.39 is 0 Å². The molecule has 0 fully saturated rings. The Hall–Kier alpha value is -1.81. The van der Waals surface area contributed by atoms with Gasteiger partial charge in [0.25, 0.3) is 0 Å². The van der Waals surface area contributed by atoms with Crippen molar-refractivity contribution >= 4 is 17.5 Å². The molecule has 0 aliphatic carbocycles. The van der Waals surface area contributed by atoms with Crippen LogP contribution in [-0.2, 0) is 0 Å². The van der Waals surface area contributed by atoms with Gasteiger partial charge >= 0.3 is 0 Å². The number of ether oxygens (including phenoxy) is 1. The summed E-state index contributed by atoms with van der Waals surface area (Å²) in [5.74, 6) is 0.848. The fraction of sp³-hybridized carbons (Fsp3) is 0.143. The Morgan fingerprint density at radius 3 is 2.72 bits per heavy atom. The average molecular weight is 259 g/mol. The van der Waals surface area contributed by atoms with Crippen molar-refractivity contribution in [3.8, 4) is 5.75 Å². The molecule has 1 aromatic heterocycles. The summed E-state index contributed by atoms with van der Waals surface area (Å²) >= 11 is 1.54. The Morgan fingerprint density at radius 1 is 1.28 bits per heavy atom. The third kappa shape index (κ3) is 3.11. The molecule has 3 nitrogen and oxygen atoms in total. The van der Waals surface area contributed by atoms with E-state index in [0.29, 0.717) is 5.56 Å². The molecule has 2 aromatic rings. The van der Waals surface area contributed by atoms with Crippen LogP contribution in [0.3, 0.4) is 0 Å². The van der Waals surface area contributed by atoms with Gasteiger partial charge in [-0.05, 0) is 37.3 Å². The van der Waals surface area contributed by atoms with Crippen molar-refractivity contribution in [3.05, 3.63) is 48.2 Å². The zero-order chi connectivity index (χ0) is 13.0. The summed E-state index contributed by atoms with van der Waals surface area (Å²) < 4.78 is 5.16. The van der Waals surface area contributed by atoms with Crippen LogP contribution in [0, 0.1) is 0 Å². The van der Waals surface area contributed by atoms with Gasteiger partial charge in [-0.15, -0.1) is 0 Å². The zero-order valence-electron chi connectivity index (χ0n) is 10.2. The number of Topliss-reactive ketones (excluding diaryl/α,β-unsaturated/α-hetero) is 1. The van der Waals surface area contributed by atoms with Crippen LogP contribution in [-0.4, -0.2) is 17.9 Å². The van der Waals surface area contributed by atoms with E-state index in [1.807, 2.05) is 30.3 Å². The van der Waals surface area contributed by atoms with Crippen molar-refractivity contribution in [2.24, 2.45) is 0 Å². The standard InChI is InChI=1S/C14H13NO2S/c1-10(16)11-6-7-14(15-9-11)18-13-5-3-4-12(8-13)17-2/h3-9H,1-2H3. The van der Waals surface area contributed by atoms with E-state index in [4.69, 9.17) is 4.74 Å². The molecular formula is C14H13NO2S. The molecule has 1 heterocycles. The van der Waals surface area contributed by atoms with Gasteiger partial charge in [0, 0.05) is 16.7 Å². The van der Waals surface area contributed by atoms with Gasteiger partial charge in [-0.1, -0.05) is 17.8 Å². The highest BCUT2D eigenvalue weighted by atomic mass is 32.2. The lowest BCUT2D eigenvalue weighted by atomic mass is 10.2. The topological polar surface area (TPSA) is 39.2 Å². The van der Waals surface area contributed by atoms with E-state index >= 15 is 0 Å². The predicted octanol–water partition coefficient (Wildman–Crippen LogP) is 3.44. The van der Waals surface area contributed by atoms with E-state index in [9.17, 15) is 4.79 Å². The highest BCUT2D eigenvalue weighted by Gasteiger charge is 2.03. The average Bonchev–Trinajstić information content (AvgIpc) is 2.39. The van der Waals surface area contributed by atoms with Gasteiger partial charge in [0.05, 0.1) is 7.11 Å². The summed E-state index contributed by atoms with van der Waals surface area (Å²) in [6.45, 7) is 1.53. The fourth-order valence-electron chi connectivity index (χ4n) is 1.43. The summed E-state index contributed by atoms with van der Waals surface area (Å²) in [5, 5.41) is 0.855. The maximum absolute atomic E-state index is 11.1. The Kier molecular flexibility index (Phi) is 3.99. The molecule has 1 aromatic carbocycles. The number of carbonyl (C=O) groups is 1. The smallest absolute Gasteiger partial charge is 0.161 e. The van der Waals surface area contributed by atoms with Crippen molar-refractivity contribution in [2.75, 3.05) is 7.11 Å². The summed E-state index contributed by atoms with van der Waals surface area (Å²) in [4.78, 5) is 16.4. The third-order valence-corrected chi connectivity index (χ3v) is 3.35. The molecule has 0 N–H and O–H groups in total. The summed E-state index contributed by atoms with van der Waals surface area (Å²) in [5.41, 5.74) is 0.630. The maximum Gasteiger partial charge on any atom is 0.161 e. The van der Waals surface area contributed by atoms with Gasteiger partial charge in [0.15, 0.2) is 5.78 Å². The first-order valence-electron chi connectivity index (χ1n) is 5.48. The summed E-state index contributed by atoms with van der Waals surface area (Å²) in [6, 6.07) is 11.4. The molecule has 18 heavy (non-hydrogen) atoms.